The van der Waals surface area contributed by atoms with Gasteiger partial charge in [0, 0.05) is 46.9 Å². The number of ether oxygens (including phenoxy) is 1. The Hall–Kier alpha value is -5.12. The van der Waals surface area contributed by atoms with Crippen LogP contribution in [0.3, 0.4) is 0 Å². The number of nitrogens with zero attached hydrogens (tertiary/aromatic N) is 4. The number of rotatable bonds is 6. The quantitative estimate of drug-likeness (QED) is 0.211. The average Bonchev–Trinajstić information content (AvgIpc) is 3.55. The van der Waals surface area contributed by atoms with Crippen LogP contribution in [0.1, 0.15) is 27.2 Å². The van der Waals surface area contributed by atoms with Crippen LogP contribution in [0, 0.1) is 11.2 Å². The first-order valence-corrected chi connectivity index (χ1v) is 13.1. The molecule has 6 rings (SSSR count). The molecule has 0 radical (unpaired) electrons. The monoisotopic (exact) mass is 549 g/mol. The van der Waals surface area contributed by atoms with Crippen molar-refractivity contribution in [3.05, 3.63) is 72.9 Å². The summed E-state index contributed by atoms with van der Waals surface area (Å²) >= 11 is 0. The Morgan fingerprint density at radius 3 is 2.66 bits per heavy atom. The number of pyridine rings is 3. The van der Waals surface area contributed by atoms with E-state index >= 15 is 0 Å². The summed E-state index contributed by atoms with van der Waals surface area (Å²) in [7, 11) is 1.50. The van der Waals surface area contributed by atoms with Crippen molar-refractivity contribution in [3.63, 3.8) is 0 Å². The van der Waals surface area contributed by atoms with Crippen LogP contribution < -0.4 is 10.1 Å². The lowest BCUT2D eigenvalue weighted by Gasteiger charge is -2.17. The summed E-state index contributed by atoms with van der Waals surface area (Å²) in [6.07, 6.45) is 5.40. The molecule has 0 aliphatic rings. The summed E-state index contributed by atoms with van der Waals surface area (Å²) in [5.74, 6) is -0.0606. The Kier molecular flexibility index (Phi) is 6.45. The van der Waals surface area contributed by atoms with E-state index in [0.29, 0.717) is 46.0 Å². The maximum atomic E-state index is 14.3. The van der Waals surface area contributed by atoms with Gasteiger partial charge in [0.15, 0.2) is 0 Å². The van der Waals surface area contributed by atoms with Crippen LogP contribution >= 0.6 is 0 Å². The third-order valence-corrected chi connectivity index (χ3v) is 6.60. The maximum absolute atomic E-state index is 14.3. The van der Waals surface area contributed by atoms with Gasteiger partial charge in [-0.15, -0.1) is 0 Å². The molecular weight excluding hydrogens is 521 g/mol. The smallest absolute Gasteiger partial charge is 0.224 e. The Labute approximate surface area is 235 Å². The molecule has 41 heavy (non-hydrogen) atoms. The van der Waals surface area contributed by atoms with Crippen LogP contribution in [0.5, 0.6) is 5.75 Å². The average molecular weight is 550 g/mol. The number of aromatic amines is 2. The first kappa shape index (κ1) is 26.1. The molecule has 0 saturated heterocycles. The number of halogens is 1. The lowest BCUT2D eigenvalue weighted by Crippen LogP contribution is -2.19. The minimum Gasteiger partial charge on any atom is -0.497 e. The summed E-state index contributed by atoms with van der Waals surface area (Å²) in [4.78, 5) is 29.6. The van der Waals surface area contributed by atoms with E-state index in [1.807, 2.05) is 51.1 Å². The van der Waals surface area contributed by atoms with Crippen LogP contribution in [-0.4, -0.2) is 43.2 Å². The standard InChI is InChI=1S/C31H28FN7O2/c1-31(2,3)14-27(40)35-20-10-18(15-33-16-20)23-5-6-25-29(37-23)30(39-38-25)26-13-22-24(36-26)7-8-34-28(22)17-9-19(32)12-21(11-17)41-4/h5-13,15-16,36H,14H2,1-4H3,(H,35,40)(H,38,39). The molecule has 9 nitrogen and oxygen atoms in total. The fraction of sp³-hybridized carbons (Fsp3) is 0.194. The van der Waals surface area contributed by atoms with Gasteiger partial charge in [0.05, 0.1) is 41.6 Å². The normalized spacial score (nSPS) is 11.7. The molecule has 0 fully saturated rings. The Bertz CT molecular complexity index is 1920. The number of H-pyrrole nitrogens is 2. The third-order valence-electron chi connectivity index (χ3n) is 6.60. The van der Waals surface area contributed by atoms with Crippen LogP contribution in [0.25, 0.3) is 55.8 Å². The summed E-state index contributed by atoms with van der Waals surface area (Å²) in [5.41, 5.74) is 6.76. The molecule has 0 aliphatic heterocycles. The highest BCUT2D eigenvalue weighted by Gasteiger charge is 2.18. The van der Waals surface area contributed by atoms with E-state index in [1.54, 1.807) is 24.7 Å². The van der Waals surface area contributed by atoms with Crippen LogP contribution in [0.2, 0.25) is 0 Å². The van der Waals surface area contributed by atoms with E-state index in [0.717, 1.165) is 27.7 Å². The van der Waals surface area contributed by atoms with E-state index < -0.39 is 5.82 Å². The number of nitrogens with one attached hydrogen (secondary N) is 3. The Balaban J connectivity index is 1.37. The summed E-state index contributed by atoms with van der Waals surface area (Å²) < 4.78 is 19.5. The highest BCUT2D eigenvalue weighted by atomic mass is 19.1. The van der Waals surface area contributed by atoms with Crippen LogP contribution in [0.4, 0.5) is 10.1 Å². The van der Waals surface area contributed by atoms with Crippen molar-refractivity contribution in [2.45, 2.75) is 27.2 Å². The molecule has 6 aromatic rings. The van der Waals surface area contributed by atoms with Crippen LogP contribution in [0.15, 0.2) is 67.1 Å². The number of benzene rings is 1. The van der Waals surface area contributed by atoms with E-state index in [-0.39, 0.29) is 11.3 Å². The fourth-order valence-electron chi connectivity index (χ4n) is 4.81. The van der Waals surface area contributed by atoms with Gasteiger partial charge in [0.25, 0.3) is 0 Å². The number of fused-ring (bicyclic) bond motifs is 2. The van der Waals surface area contributed by atoms with Gasteiger partial charge >= 0.3 is 0 Å². The van der Waals surface area contributed by atoms with Crippen molar-refractivity contribution in [2.24, 2.45) is 5.41 Å². The highest BCUT2D eigenvalue weighted by Crippen LogP contribution is 2.34. The van der Waals surface area contributed by atoms with Gasteiger partial charge < -0.3 is 15.0 Å². The molecule has 0 bridgehead atoms. The van der Waals surface area contributed by atoms with Crippen molar-refractivity contribution in [1.29, 1.82) is 0 Å². The van der Waals surface area contributed by atoms with Gasteiger partial charge in [0.2, 0.25) is 5.91 Å². The topological polar surface area (TPSA) is 121 Å². The van der Waals surface area contributed by atoms with Gasteiger partial charge in [-0.3, -0.25) is 19.9 Å². The minimum absolute atomic E-state index is 0.0682. The molecule has 0 saturated carbocycles. The zero-order valence-electron chi connectivity index (χ0n) is 23.0. The number of amides is 1. The van der Waals surface area contributed by atoms with Crippen molar-refractivity contribution in [3.8, 4) is 39.7 Å². The molecule has 0 atom stereocenters. The van der Waals surface area contributed by atoms with Gasteiger partial charge in [-0.2, -0.15) is 5.10 Å². The number of aromatic nitrogens is 6. The summed E-state index contributed by atoms with van der Waals surface area (Å²) in [6, 6.07) is 14.0. The molecule has 5 heterocycles. The lowest BCUT2D eigenvalue weighted by molar-refractivity contribution is -0.117. The van der Waals surface area contributed by atoms with Crippen molar-refractivity contribution in [1.82, 2.24) is 30.1 Å². The second-order valence-corrected chi connectivity index (χ2v) is 11.1. The molecule has 206 valence electrons. The van der Waals surface area contributed by atoms with Gasteiger partial charge in [-0.1, -0.05) is 20.8 Å². The zero-order chi connectivity index (χ0) is 28.7. The molecule has 0 aliphatic carbocycles. The highest BCUT2D eigenvalue weighted by molar-refractivity contribution is 5.99. The molecule has 1 amide bonds. The van der Waals surface area contributed by atoms with Gasteiger partial charge in [-0.25, -0.2) is 9.37 Å². The SMILES string of the molecule is COc1cc(F)cc(-c2nccc3[nH]c(-c4n[nH]c5ccc(-c6cncc(NC(=O)CC(C)(C)C)c6)nc45)cc23)c1. The van der Waals surface area contributed by atoms with Crippen molar-refractivity contribution < 1.29 is 13.9 Å². The predicted octanol–water partition coefficient (Wildman–Crippen LogP) is 6.75. The Morgan fingerprint density at radius 2 is 1.85 bits per heavy atom. The molecule has 5 aromatic heterocycles. The number of carbonyl (C=O) groups is 1. The molecular formula is C31H28FN7O2. The van der Waals surface area contributed by atoms with E-state index in [2.05, 4.69) is 30.5 Å². The van der Waals surface area contributed by atoms with Gasteiger partial charge in [0.1, 0.15) is 22.8 Å². The molecule has 0 spiro atoms. The number of anilines is 1. The number of hydrogen-bond acceptors (Lipinski definition) is 6. The zero-order valence-corrected chi connectivity index (χ0v) is 23.0. The molecule has 10 heteroatoms. The fourth-order valence-corrected chi connectivity index (χ4v) is 4.81. The Morgan fingerprint density at radius 1 is 1.00 bits per heavy atom. The van der Waals surface area contributed by atoms with Crippen molar-refractivity contribution >= 4 is 33.5 Å². The second-order valence-electron chi connectivity index (χ2n) is 11.1. The first-order chi connectivity index (χ1) is 19.7. The van der Waals surface area contributed by atoms with Crippen LogP contribution in [-0.2, 0) is 4.79 Å². The minimum atomic E-state index is -0.406. The van der Waals surface area contributed by atoms with E-state index in [1.165, 1.54) is 19.2 Å². The lowest BCUT2D eigenvalue weighted by atomic mass is 9.92. The maximum Gasteiger partial charge on any atom is 0.224 e. The van der Waals surface area contributed by atoms with Gasteiger partial charge in [-0.05, 0) is 47.9 Å². The number of carbonyl (C=O) groups excluding carboxylic acids is 1. The van der Waals surface area contributed by atoms with Crippen molar-refractivity contribution in [2.75, 3.05) is 12.4 Å². The van der Waals surface area contributed by atoms with E-state index in [9.17, 15) is 9.18 Å². The van der Waals surface area contributed by atoms with E-state index in [4.69, 9.17) is 9.72 Å². The summed E-state index contributed by atoms with van der Waals surface area (Å²) in [5, 5.41) is 11.3. The summed E-state index contributed by atoms with van der Waals surface area (Å²) in [6.45, 7) is 6.06. The number of methoxy groups -OCH3 is 1. The molecule has 0 unspecified atom stereocenters. The second kappa shape index (κ2) is 10.1. The molecule has 3 N–H and O–H groups in total. The first-order valence-electron chi connectivity index (χ1n) is 13.1. The third kappa shape index (κ3) is 5.36. The number of hydrogen-bond donors (Lipinski definition) is 3. The molecule has 1 aromatic carbocycles. The predicted molar refractivity (Wildman–Crippen MR) is 157 cm³/mol. The largest absolute Gasteiger partial charge is 0.497 e.